The minimum atomic E-state index is -0.334. The van der Waals surface area contributed by atoms with Gasteiger partial charge in [-0.2, -0.15) is 0 Å². The number of amides is 1. The van der Waals surface area contributed by atoms with Crippen LogP contribution < -0.4 is 5.32 Å². The molecule has 2 aromatic heterocycles. The van der Waals surface area contributed by atoms with Gasteiger partial charge in [-0.05, 0) is 31.2 Å². The lowest BCUT2D eigenvalue weighted by Crippen LogP contribution is -2.10. The second-order valence-electron chi connectivity index (χ2n) is 4.48. The van der Waals surface area contributed by atoms with Crippen molar-refractivity contribution in [2.75, 3.05) is 5.32 Å². The number of anilines is 1. The lowest BCUT2D eigenvalue weighted by molar-refractivity contribution is 0.0996. The van der Waals surface area contributed by atoms with E-state index in [1.165, 1.54) is 17.6 Å². The zero-order valence-electron chi connectivity index (χ0n) is 11.4. The van der Waals surface area contributed by atoms with Crippen molar-refractivity contribution in [2.24, 2.45) is 0 Å². The average molecular weight is 353 g/mol. The molecule has 1 aromatic carbocycles. The fourth-order valence-corrected chi connectivity index (χ4v) is 3.06. The van der Waals surface area contributed by atoms with E-state index < -0.39 is 0 Å². The van der Waals surface area contributed by atoms with E-state index in [9.17, 15) is 4.79 Å². The minimum absolute atomic E-state index is 0.240. The Kier molecular flexibility index (Phi) is 4.20. The molecule has 3 aromatic rings. The predicted molar refractivity (Wildman–Crippen MR) is 89.0 cm³/mol. The molecule has 0 fully saturated rings. The lowest BCUT2D eigenvalue weighted by atomic mass is 10.1. The third-order valence-electron chi connectivity index (χ3n) is 2.96. The summed E-state index contributed by atoms with van der Waals surface area (Å²) in [6.07, 6.45) is 1.45. The molecule has 3 rings (SSSR count). The monoisotopic (exact) mass is 352 g/mol. The predicted octanol–water partition coefficient (Wildman–Crippen LogP) is 5.27. The zero-order chi connectivity index (χ0) is 15.7. The van der Waals surface area contributed by atoms with Crippen LogP contribution in [0.25, 0.3) is 11.3 Å². The highest BCUT2D eigenvalue weighted by molar-refractivity contribution is 7.16. The second kappa shape index (κ2) is 6.12. The van der Waals surface area contributed by atoms with Gasteiger partial charge >= 0.3 is 0 Å². The maximum Gasteiger partial charge on any atom is 0.293 e. The molecule has 0 aliphatic carbocycles. The van der Waals surface area contributed by atoms with Gasteiger partial charge in [0.2, 0.25) is 0 Å². The minimum Gasteiger partial charge on any atom is -0.459 e. The molecule has 0 spiro atoms. The quantitative estimate of drug-likeness (QED) is 0.698. The summed E-state index contributed by atoms with van der Waals surface area (Å²) in [4.78, 5) is 17.4. The van der Waals surface area contributed by atoms with Crippen molar-refractivity contribution in [3.8, 4) is 11.3 Å². The number of benzene rings is 1. The molecule has 0 atom stereocenters. The number of aryl methyl sites for hydroxylation is 1. The number of nitrogens with zero attached hydrogens (tertiary/aromatic N) is 1. The van der Waals surface area contributed by atoms with Gasteiger partial charge in [-0.3, -0.25) is 10.1 Å². The van der Waals surface area contributed by atoms with E-state index in [1.807, 2.05) is 13.0 Å². The van der Waals surface area contributed by atoms with Crippen LogP contribution in [0.15, 0.2) is 41.0 Å². The largest absolute Gasteiger partial charge is 0.459 e. The fourth-order valence-electron chi connectivity index (χ4n) is 1.93. The third kappa shape index (κ3) is 3.02. The van der Waals surface area contributed by atoms with Crippen molar-refractivity contribution in [3.63, 3.8) is 0 Å². The Bertz CT molecular complexity index is 828. The highest BCUT2D eigenvalue weighted by Gasteiger charge is 2.15. The van der Waals surface area contributed by atoms with Crippen molar-refractivity contribution in [3.05, 3.63) is 57.3 Å². The SMILES string of the molecule is Cc1sc(NC(=O)c2ccco2)nc1-c1ccc(Cl)c(Cl)c1. The van der Waals surface area contributed by atoms with Gasteiger partial charge in [0.05, 0.1) is 22.0 Å². The van der Waals surface area contributed by atoms with Crippen molar-refractivity contribution in [2.45, 2.75) is 6.92 Å². The van der Waals surface area contributed by atoms with Gasteiger partial charge in [0.1, 0.15) is 0 Å². The molecule has 0 radical (unpaired) electrons. The van der Waals surface area contributed by atoms with E-state index in [4.69, 9.17) is 27.6 Å². The van der Waals surface area contributed by atoms with Crippen LogP contribution in [0.1, 0.15) is 15.4 Å². The van der Waals surface area contributed by atoms with Crippen molar-refractivity contribution in [1.82, 2.24) is 4.98 Å². The average Bonchev–Trinajstić information content (AvgIpc) is 3.12. The molecule has 4 nitrogen and oxygen atoms in total. The summed E-state index contributed by atoms with van der Waals surface area (Å²) in [5, 5.41) is 4.17. The van der Waals surface area contributed by atoms with E-state index in [-0.39, 0.29) is 11.7 Å². The van der Waals surface area contributed by atoms with Crippen molar-refractivity contribution in [1.29, 1.82) is 0 Å². The van der Waals surface area contributed by atoms with Crippen LogP contribution >= 0.6 is 34.5 Å². The highest BCUT2D eigenvalue weighted by Crippen LogP contribution is 2.33. The van der Waals surface area contributed by atoms with E-state index in [2.05, 4.69) is 10.3 Å². The molecule has 1 N–H and O–H groups in total. The van der Waals surface area contributed by atoms with E-state index in [0.29, 0.717) is 15.2 Å². The molecule has 7 heteroatoms. The van der Waals surface area contributed by atoms with Gasteiger partial charge < -0.3 is 4.42 Å². The van der Waals surface area contributed by atoms with Gasteiger partial charge in [0.15, 0.2) is 10.9 Å². The smallest absolute Gasteiger partial charge is 0.293 e. The molecule has 0 bridgehead atoms. The summed E-state index contributed by atoms with van der Waals surface area (Å²) in [5.74, 6) is -0.0941. The first-order valence-electron chi connectivity index (χ1n) is 6.32. The summed E-state index contributed by atoms with van der Waals surface area (Å²) in [6, 6.07) is 8.57. The van der Waals surface area contributed by atoms with E-state index >= 15 is 0 Å². The van der Waals surface area contributed by atoms with Crippen molar-refractivity contribution < 1.29 is 9.21 Å². The Morgan fingerprint density at radius 3 is 2.77 bits per heavy atom. The lowest BCUT2D eigenvalue weighted by Gasteiger charge is -2.01. The standard InChI is InChI=1S/C15H10Cl2N2O2S/c1-8-13(9-4-5-10(16)11(17)7-9)18-15(22-8)19-14(20)12-3-2-6-21-12/h2-7H,1H3,(H,18,19,20). The van der Waals surface area contributed by atoms with Crippen LogP contribution in [0.4, 0.5) is 5.13 Å². The van der Waals surface area contributed by atoms with Gasteiger partial charge in [0.25, 0.3) is 5.91 Å². The number of aromatic nitrogens is 1. The number of carbonyl (C=O) groups excluding carboxylic acids is 1. The van der Waals surface area contributed by atoms with Gasteiger partial charge in [-0.25, -0.2) is 4.98 Å². The Balaban J connectivity index is 1.87. The Labute approximate surface area is 140 Å². The molecule has 2 heterocycles. The molecule has 0 saturated heterocycles. The van der Waals surface area contributed by atoms with Crippen LogP contribution in [-0.2, 0) is 0 Å². The maximum atomic E-state index is 12.0. The number of furan rings is 1. The summed E-state index contributed by atoms with van der Waals surface area (Å²) in [6.45, 7) is 1.93. The third-order valence-corrected chi connectivity index (χ3v) is 4.58. The summed E-state index contributed by atoms with van der Waals surface area (Å²) >= 11 is 13.3. The number of thiazole rings is 1. The van der Waals surface area contributed by atoms with Crippen molar-refractivity contribution >= 4 is 45.6 Å². The number of carbonyl (C=O) groups is 1. The second-order valence-corrected chi connectivity index (χ2v) is 6.50. The number of hydrogen-bond acceptors (Lipinski definition) is 4. The van der Waals surface area contributed by atoms with Gasteiger partial charge in [-0.1, -0.05) is 29.3 Å². The van der Waals surface area contributed by atoms with Gasteiger partial charge in [0, 0.05) is 10.4 Å². The summed E-state index contributed by atoms with van der Waals surface area (Å²) in [7, 11) is 0. The normalized spacial score (nSPS) is 10.7. The molecule has 0 unspecified atom stereocenters. The number of halogens is 2. The Hall–Kier alpha value is -1.82. The summed E-state index contributed by atoms with van der Waals surface area (Å²) < 4.78 is 5.05. The molecule has 22 heavy (non-hydrogen) atoms. The molecule has 0 saturated carbocycles. The number of nitrogens with one attached hydrogen (secondary N) is 1. The van der Waals surface area contributed by atoms with Crippen LogP contribution in [0.3, 0.4) is 0 Å². The van der Waals surface area contributed by atoms with Gasteiger partial charge in [-0.15, -0.1) is 11.3 Å². The molecule has 0 aliphatic rings. The fraction of sp³-hybridized carbons (Fsp3) is 0.0667. The van der Waals surface area contributed by atoms with Crippen LogP contribution in [0, 0.1) is 6.92 Å². The molecular weight excluding hydrogens is 343 g/mol. The maximum absolute atomic E-state index is 12.0. The topological polar surface area (TPSA) is 55.1 Å². The van der Waals surface area contributed by atoms with Crippen LogP contribution in [0.5, 0.6) is 0 Å². The molecule has 0 aliphatic heterocycles. The number of rotatable bonds is 3. The highest BCUT2D eigenvalue weighted by atomic mass is 35.5. The molecular formula is C15H10Cl2N2O2S. The summed E-state index contributed by atoms with van der Waals surface area (Å²) in [5.41, 5.74) is 1.61. The number of hydrogen-bond donors (Lipinski definition) is 1. The Morgan fingerprint density at radius 2 is 2.09 bits per heavy atom. The Morgan fingerprint density at radius 1 is 1.27 bits per heavy atom. The molecule has 1 amide bonds. The van der Waals surface area contributed by atoms with E-state index in [1.54, 1.807) is 24.3 Å². The van der Waals surface area contributed by atoms with Crippen LogP contribution in [-0.4, -0.2) is 10.9 Å². The first-order valence-corrected chi connectivity index (χ1v) is 7.89. The first kappa shape index (κ1) is 15.1. The van der Waals surface area contributed by atoms with Crippen LogP contribution in [0.2, 0.25) is 10.0 Å². The first-order chi connectivity index (χ1) is 10.5. The zero-order valence-corrected chi connectivity index (χ0v) is 13.7. The van der Waals surface area contributed by atoms with E-state index in [0.717, 1.165) is 16.1 Å². The molecule has 112 valence electrons.